The van der Waals surface area contributed by atoms with Crippen LogP contribution >= 0.6 is 15.9 Å². The number of halogens is 1. The molecule has 8 heteroatoms. The smallest absolute Gasteiger partial charge is 0.306 e. The van der Waals surface area contributed by atoms with E-state index in [1.165, 1.54) is 29.9 Å². The van der Waals surface area contributed by atoms with Gasteiger partial charge < -0.3 is 24.6 Å². The largest absolute Gasteiger partial charge is 0.507 e. The highest BCUT2D eigenvalue weighted by Gasteiger charge is 2.27. The molecule has 1 aromatic heterocycles. The number of pyridine rings is 1. The summed E-state index contributed by atoms with van der Waals surface area (Å²) >= 11 is 3.48. The summed E-state index contributed by atoms with van der Waals surface area (Å²) in [4.78, 5) is 25.6. The van der Waals surface area contributed by atoms with Gasteiger partial charge in [0, 0.05) is 22.6 Å². The van der Waals surface area contributed by atoms with Gasteiger partial charge in [-0.25, -0.2) is 0 Å². The molecule has 0 aliphatic rings. The quantitative estimate of drug-likeness (QED) is 0.333. The van der Waals surface area contributed by atoms with Gasteiger partial charge in [-0.05, 0) is 48.7 Å². The third kappa shape index (κ3) is 4.96. The van der Waals surface area contributed by atoms with E-state index in [1.807, 2.05) is 6.07 Å². The minimum absolute atomic E-state index is 0.112. The van der Waals surface area contributed by atoms with Crippen LogP contribution in [0.15, 0.2) is 57.8 Å². The molecular formula is C24H24BrNO6. The first kappa shape index (κ1) is 23.4. The van der Waals surface area contributed by atoms with Gasteiger partial charge in [-0.3, -0.25) is 9.59 Å². The lowest BCUT2D eigenvalue weighted by molar-refractivity contribution is -0.140. The van der Waals surface area contributed by atoms with Gasteiger partial charge in [0.05, 0.1) is 19.1 Å². The zero-order valence-corrected chi connectivity index (χ0v) is 19.3. The van der Waals surface area contributed by atoms with Crippen LogP contribution in [-0.4, -0.2) is 33.0 Å². The summed E-state index contributed by atoms with van der Waals surface area (Å²) in [6.07, 6.45) is 0.298. The van der Waals surface area contributed by atoms with E-state index >= 15 is 0 Å². The van der Waals surface area contributed by atoms with Crippen molar-refractivity contribution in [2.45, 2.75) is 32.2 Å². The molecule has 1 heterocycles. The number of benzene rings is 2. The number of methoxy groups -OCH3 is 1. The maximum Gasteiger partial charge on any atom is 0.306 e. The van der Waals surface area contributed by atoms with Gasteiger partial charge >= 0.3 is 5.97 Å². The number of carbonyl (C=O) groups excluding carboxylic acids is 1. The molecule has 3 aromatic rings. The second-order valence-corrected chi connectivity index (χ2v) is 8.32. The number of aromatic nitrogens is 1. The highest BCUT2D eigenvalue weighted by molar-refractivity contribution is 9.10. The van der Waals surface area contributed by atoms with Crippen molar-refractivity contribution < 1.29 is 24.9 Å². The predicted molar refractivity (Wildman–Crippen MR) is 123 cm³/mol. The summed E-state index contributed by atoms with van der Waals surface area (Å²) in [5.74, 6) is -1.85. The van der Waals surface area contributed by atoms with Crippen molar-refractivity contribution in [3.05, 3.63) is 85.7 Å². The number of carbonyl (C=O) groups is 1. The first-order valence-electron chi connectivity index (χ1n) is 9.98. The van der Waals surface area contributed by atoms with E-state index in [1.54, 1.807) is 31.2 Å². The van der Waals surface area contributed by atoms with Crippen molar-refractivity contribution in [1.82, 2.24) is 4.57 Å². The molecule has 3 rings (SSSR count). The first-order chi connectivity index (χ1) is 15.2. The minimum atomic E-state index is -0.713. The summed E-state index contributed by atoms with van der Waals surface area (Å²) in [5.41, 5.74) is 1.68. The second kappa shape index (κ2) is 9.91. The lowest BCUT2D eigenvalue weighted by atomic mass is 9.88. The highest BCUT2D eigenvalue weighted by atomic mass is 79.9. The van der Waals surface area contributed by atoms with Crippen molar-refractivity contribution in [3.8, 4) is 17.2 Å². The van der Waals surface area contributed by atoms with E-state index in [2.05, 4.69) is 15.9 Å². The average Bonchev–Trinajstić information content (AvgIpc) is 2.75. The van der Waals surface area contributed by atoms with Gasteiger partial charge in [0.1, 0.15) is 5.75 Å². The zero-order chi connectivity index (χ0) is 23.4. The zero-order valence-electron chi connectivity index (χ0n) is 17.7. The number of ether oxygens (including phenoxy) is 1. The summed E-state index contributed by atoms with van der Waals surface area (Å²) in [7, 11) is 1.28. The number of nitrogens with zero attached hydrogens (tertiary/aromatic N) is 1. The summed E-state index contributed by atoms with van der Waals surface area (Å²) in [6, 6.07) is 13.2. The molecule has 32 heavy (non-hydrogen) atoms. The van der Waals surface area contributed by atoms with Crippen LogP contribution in [0, 0.1) is 6.92 Å². The number of aromatic hydroxyl groups is 3. The van der Waals surface area contributed by atoms with E-state index < -0.39 is 17.4 Å². The van der Waals surface area contributed by atoms with Crippen LogP contribution < -0.4 is 5.56 Å². The van der Waals surface area contributed by atoms with Crippen LogP contribution in [0.1, 0.15) is 34.7 Å². The molecule has 168 valence electrons. The van der Waals surface area contributed by atoms with Crippen LogP contribution in [0.25, 0.3) is 0 Å². The molecule has 0 bridgehead atoms. The normalized spacial score (nSPS) is 11.8. The highest BCUT2D eigenvalue weighted by Crippen LogP contribution is 2.36. The molecule has 0 amide bonds. The fourth-order valence-corrected chi connectivity index (χ4v) is 4.28. The molecule has 0 saturated carbocycles. The Bertz CT molecular complexity index is 1200. The van der Waals surface area contributed by atoms with Gasteiger partial charge in [0.15, 0.2) is 11.5 Å². The molecule has 1 atom stereocenters. The van der Waals surface area contributed by atoms with Crippen LogP contribution in [0.3, 0.4) is 0 Å². The van der Waals surface area contributed by atoms with E-state index in [4.69, 9.17) is 4.74 Å². The fourth-order valence-electron chi connectivity index (χ4n) is 3.71. The van der Waals surface area contributed by atoms with Gasteiger partial charge in [0.25, 0.3) is 5.56 Å². The van der Waals surface area contributed by atoms with Crippen molar-refractivity contribution in [1.29, 1.82) is 0 Å². The number of rotatable bonds is 7. The Morgan fingerprint density at radius 3 is 2.44 bits per heavy atom. The lowest BCUT2D eigenvalue weighted by Gasteiger charge is -2.21. The summed E-state index contributed by atoms with van der Waals surface area (Å²) < 4.78 is 7.07. The Balaban J connectivity index is 2.06. The summed E-state index contributed by atoms with van der Waals surface area (Å²) in [6.45, 7) is 2.00. The van der Waals surface area contributed by atoms with Crippen molar-refractivity contribution in [3.63, 3.8) is 0 Å². The summed E-state index contributed by atoms with van der Waals surface area (Å²) in [5, 5.41) is 29.9. The molecule has 0 aliphatic heterocycles. The van der Waals surface area contributed by atoms with E-state index in [0.29, 0.717) is 22.2 Å². The monoisotopic (exact) mass is 501 g/mol. The molecule has 0 radical (unpaired) electrons. The first-order valence-corrected chi connectivity index (χ1v) is 10.8. The maximum absolute atomic E-state index is 13.5. The van der Waals surface area contributed by atoms with Gasteiger partial charge in [0.2, 0.25) is 0 Å². The van der Waals surface area contributed by atoms with E-state index in [0.717, 1.165) is 5.56 Å². The standard InChI is InChI=1S/C24H24BrNO6/c1-14-11-21(29)23(17(13-22(30)32-2)16-5-3-4-6-18(16)25)24(31)26(14)10-9-15-7-8-19(27)20(28)12-15/h3-8,11-12,17,27-29H,9-10,13H2,1-2H3. The second-order valence-electron chi connectivity index (χ2n) is 7.47. The number of hydrogen-bond donors (Lipinski definition) is 3. The topological polar surface area (TPSA) is 109 Å². The lowest BCUT2D eigenvalue weighted by Crippen LogP contribution is -2.29. The van der Waals surface area contributed by atoms with Gasteiger partial charge in [-0.15, -0.1) is 0 Å². The molecule has 1 unspecified atom stereocenters. The number of hydrogen-bond acceptors (Lipinski definition) is 6. The predicted octanol–water partition coefficient (Wildman–Crippen LogP) is 3.97. The van der Waals surface area contributed by atoms with Crippen molar-refractivity contribution >= 4 is 21.9 Å². The molecule has 0 aliphatic carbocycles. The number of phenols is 2. The van der Waals surface area contributed by atoms with E-state index in [9.17, 15) is 24.9 Å². The molecule has 7 nitrogen and oxygen atoms in total. The van der Waals surface area contributed by atoms with E-state index in [-0.39, 0.29) is 35.8 Å². The molecule has 0 fully saturated rings. The van der Waals surface area contributed by atoms with Crippen molar-refractivity contribution in [2.75, 3.05) is 7.11 Å². The SMILES string of the molecule is COC(=O)CC(c1ccccc1Br)c1c(O)cc(C)n(CCc2ccc(O)c(O)c2)c1=O. The third-order valence-electron chi connectivity index (χ3n) is 5.41. The Hall–Kier alpha value is -3.26. The molecule has 2 aromatic carbocycles. The fraction of sp³-hybridized carbons (Fsp3) is 0.250. The van der Waals surface area contributed by atoms with Gasteiger partial charge in [-0.1, -0.05) is 40.2 Å². The molecule has 0 saturated heterocycles. The Morgan fingerprint density at radius 1 is 1.06 bits per heavy atom. The maximum atomic E-state index is 13.5. The molecule has 3 N–H and O–H groups in total. The number of phenolic OH excluding ortho intramolecular Hbond substituents is 2. The Morgan fingerprint density at radius 2 is 1.78 bits per heavy atom. The Kier molecular flexibility index (Phi) is 7.25. The van der Waals surface area contributed by atoms with Crippen LogP contribution in [-0.2, 0) is 22.5 Å². The molecule has 0 spiro atoms. The van der Waals surface area contributed by atoms with Crippen LogP contribution in [0.5, 0.6) is 17.2 Å². The molecular weight excluding hydrogens is 478 g/mol. The average molecular weight is 502 g/mol. The van der Waals surface area contributed by atoms with Crippen LogP contribution in [0.2, 0.25) is 0 Å². The van der Waals surface area contributed by atoms with Gasteiger partial charge in [-0.2, -0.15) is 0 Å². The number of esters is 1. The number of aryl methyl sites for hydroxylation is 2. The van der Waals surface area contributed by atoms with Crippen LogP contribution in [0.4, 0.5) is 0 Å². The Labute approximate surface area is 193 Å². The third-order valence-corrected chi connectivity index (χ3v) is 6.14. The van der Waals surface area contributed by atoms with Crippen molar-refractivity contribution in [2.24, 2.45) is 0 Å². The minimum Gasteiger partial charge on any atom is -0.507 e.